The summed E-state index contributed by atoms with van der Waals surface area (Å²) in [5, 5.41) is 10.8. The zero-order chi connectivity index (χ0) is 15.5. The number of sulfonamides is 1. The number of halogens is 1. The first kappa shape index (κ1) is 16.5. The summed E-state index contributed by atoms with van der Waals surface area (Å²) in [5.74, 6) is -1.01. The average molecular weight is 304 g/mol. The maximum Gasteiger partial charge on any atom is 0.306 e. The van der Waals surface area contributed by atoms with Crippen LogP contribution in [0.15, 0.2) is 17.0 Å². The summed E-state index contributed by atoms with van der Waals surface area (Å²) in [6, 6.07) is 1.89. The summed E-state index contributed by atoms with van der Waals surface area (Å²) in [6.45, 7) is 5.37. The van der Waals surface area contributed by atoms with Crippen LogP contribution in [0, 0.1) is 22.9 Å². The molecule has 0 heterocycles. The second-order valence-corrected chi connectivity index (χ2v) is 6.27. The molecule has 0 aliphatic rings. The van der Waals surface area contributed by atoms with Crippen LogP contribution in [0.3, 0.4) is 0 Å². The van der Waals surface area contributed by atoms with Gasteiger partial charge in [-0.1, -0.05) is 13.8 Å². The molecule has 1 aromatic carbocycles. The van der Waals surface area contributed by atoms with Gasteiger partial charge in [-0.15, -0.1) is 0 Å². The molecule has 1 rings (SSSR count). The van der Waals surface area contributed by atoms with Crippen LogP contribution in [0.4, 0.5) is 10.1 Å². The molecule has 0 aliphatic heterocycles. The molecule has 0 unspecified atom stereocenters. The number of hydrogen-bond acceptors (Lipinski definition) is 4. The van der Waals surface area contributed by atoms with Crippen molar-refractivity contribution in [3.63, 3.8) is 0 Å². The molecule has 1 aromatic rings. The fourth-order valence-electron chi connectivity index (χ4n) is 1.85. The molecule has 0 amide bonds. The fourth-order valence-corrected chi connectivity index (χ4v) is 3.49. The van der Waals surface area contributed by atoms with E-state index in [0.717, 1.165) is 12.1 Å². The minimum Gasteiger partial charge on any atom is -0.258 e. The molecular weight excluding hydrogens is 287 g/mol. The lowest BCUT2D eigenvalue weighted by Gasteiger charge is -2.19. The fraction of sp³-hybridized carbons (Fsp3) is 0.500. The molecule has 0 bridgehead atoms. The van der Waals surface area contributed by atoms with Gasteiger partial charge in [0.15, 0.2) is 0 Å². The number of aryl methyl sites for hydroxylation is 1. The summed E-state index contributed by atoms with van der Waals surface area (Å²) < 4.78 is 39.6. The van der Waals surface area contributed by atoms with Crippen molar-refractivity contribution < 1.29 is 17.7 Å². The van der Waals surface area contributed by atoms with Gasteiger partial charge in [0.05, 0.1) is 9.82 Å². The molecule has 0 saturated heterocycles. The van der Waals surface area contributed by atoms with E-state index in [2.05, 4.69) is 0 Å². The molecule has 0 spiro atoms. The third kappa shape index (κ3) is 3.13. The van der Waals surface area contributed by atoms with Crippen LogP contribution < -0.4 is 0 Å². The van der Waals surface area contributed by atoms with Gasteiger partial charge in [0.1, 0.15) is 0 Å². The highest BCUT2D eigenvalue weighted by atomic mass is 32.2. The number of nitrogens with zero attached hydrogens (tertiary/aromatic N) is 2. The minimum atomic E-state index is -3.85. The molecule has 0 atom stereocenters. The zero-order valence-electron chi connectivity index (χ0n) is 11.6. The number of nitro benzene ring substituents is 1. The van der Waals surface area contributed by atoms with Crippen molar-refractivity contribution in [3.05, 3.63) is 33.6 Å². The topological polar surface area (TPSA) is 80.5 Å². The van der Waals surface area contributed by atoms with Crippen LogP contribution in [-0.4, -0.2) is 30.7 Å². The van der Waals surface area contributed by atoms with E-state index >= 15 is 0 Å². The summed E-state index contributed by atoms with van der Waals surface area (Å²) in [7, 11) is -3.85. The van der Waals surface area contributed by atoms with Gasteiger partial charge in [0.25, 0.3) is 0 Å². The normalized spacial score (nSPS) is 11.8. The summed E-state index contributed by atoms with van der Waals surface area (Å²) in [5.41, 5.74) is -0.888. The standard InChI is InChI=1S/C12H17FN2O4S/c1-4-6-14(5-2)20(18,19)10-7-9(3)12(13)11(8-10)15(16)17/h7-8H,4-6H2,1-3H3. The van der Waals surface area contributed by atoms with Crippen LogP contribution >= 0.6 is 0 Å². The molecular formula is C12H17FN2O4S. The van der Waals surface area contributed by atoms with Crippen molar-refractivity contribution in [2.45, 2.75) is 32.1 Å². The predicted molar refractivity (Wildman–Crippen MR) is 72.5 cm³/mol. The van der Waals surface area contributed by atoms with E-state index in [9.17, 15) is 22.9 Å². The van der Waals surface area contributed by atoms with Gasteiger partial charge in [-0.2, -0.15) is 8.70 Å². The van der Waals surface area contributed by atoms with E-state index in [-0.39, 0.29) is 17.0 Å². The molecule has 6 nitrogen and oxygen atoms in total. The highest BCUT2D eigenvalue weighted by Crippen LogP contribution is 2.27. The SMILES string of the molecule is CCCN(CC)S(=O)(=O)c1cc(C)c(F)c([N+](=O)[O-])c1. The van der Waals surface area contributed by atoms with Crippen LogP contribution in [0.1, 0.15) is 25.8 Å². The second-order valence-electron chi connectivity index (χ2n) is 4.33. The third-order valence-electron chi connectivity index (χ3n) is 2.87. The van der Waals surface area contributed by atoms with Crippen molar-refractivity contribution in [1.29, 1.82) is 0 Å². The Morgan fingerprint density at radius 3 is 2.40 bits per heavy atom. The smallest absolute Gasteiger partial charge is 0.258 e. The molecule has 0 N–H and O–H groups in total. The van der Waals surface area contributed by atoms with Crippen LogP contribution in [0.2, 0.25) is 0 Å². The molecule has 20 heavy (non-hydrogen) atoms. The van der Waals surface area contributed by atoms with Crippen molar-refractivity contribution >= 4 is 15.7 Å². The average Bonchev–Trinajstić information content (AvgIpc) is 2.38. The minimum absolute atomic E-state index is 0.0645. The predicted octanol–water partition coefficient (Wildman–Crippen LogP) is 2.46. The highest BCUT2D eigenvalue weighted by molar-refractivity contribution is 7.89. The van der Waals surface area contributed by atoms with E-state index in [0.29, 0.717) is 13.0 Å². The molecule has 8 heteroatoms. The first-order valence-corrected chi connectivity index (χ1v) is 7.64. The lowest BCUT2D eigenvalue weighted by atomic mass is 10.2. The van der Waals surface area contributed by atoms with Crippen molar-refractivity contribution in [2.24, 2.45) is 0 Å². The van der Waals surface area contributed by atoms with E-state index < -0.39 is 26.5 Å². The molecule has 112 valence electrons. The summed E-state index contributed by atoms with van der Waals surface area (Å²) in [6.07, 6.45) is 0.620. The Balaban J connectivity index is 3.43. The van der Waals surface area contributed by atoms with Gasteiger partial charge in [0, 0.05) is 19.2 Å². The van der Waals surface area contributed by atoms with Crippen molar-refractivity contribution in [1.82, 2.24) is 4.31 Å². The Kier molecular flexibility index (Phi) is 5.18. The zero-order valence-corrected chi connectivity index (χ0v) is 12.4. The first-order valence-electron chi connectivity index (χ1n) is 6.20. The van der Waals surface area contributed by atoms with Crippen LogP contribution in [0.25, 0.3) is 0 Å². The monoisotopic (exact) mass is 304 g/mol. The Morgan fingerprint density at radius 1 is 1.35 bits per heavy atom. The van der Waals surface area contributed by atoms with Gasteiger partial charge in [0.2, 0.25) is 15.8 Å². The second kappa shape index (κ2) is 6.27. The maximum absolute atomic E-state index is 13.6. The van der Waals surface area contributed by atoms with Crippen molar-refractivity contribution in [2.75, 3.05) is 13.1 Å². The Bertz CT molecular complexity index is 616. The first-order chi connectivity index (χ1) is 9.25. The lowest BCUT2D eigenvalue weighted by Crippen LogP contribution is -2.31. The van der Waals surface area contributed by atoms with E-state index in [1.54, 1.807) is 6.92 Å². The Labute approximate surface area is 117 Å². The van der Waals surface area contributed by atoms with Gasteiger partial charge in [-0.25, -0.2) is 8.42 Å². The van der Waals surface area contributed by atoms with E-state index in [1.807, 2.05) is 6.92 Å². The Hall–Kier alpha value is -1.54. The van der Waals surface area contributed by atoms with E-state index in [1.165, 1.54) is 11.2 Å². The molecule has 0 aliphatic carbocycles. The number of hydrogen-bond donors (Lipinski definition) is 0. The number of nitro groups is 1. The largest absolute Gasteiger partial charge is 0.306 e. The maximum atomic E-state index is 13.6. The summed E-state index contributed by atoms with van der Waals surface area (Å²) in [4.78, 5) is 9.60. The Morgan fingerprint density at radius 2 is 1.95 bits per heavy atom. The van der Waals surface area contributed by atoms with Crippen LogP contribution in [-0.2, 0) is 10.0 Å². The number of benzene rings is 1. The molecule has 0 radical (unpaired) electrons. The summed E-state index contributed by atoms with van der Waals surface area (Å²) >= 11 is 0. The lowest BCUT2D eigenvalue weighted by molar-refractivity contribution is -0.387. The molecule has 0 saturated carbocycles. The highest BCUT2D eigenvalue weighted by Gasteiger charge is 2.27. The number of rotatable bonds is 6. The molecule has 0 aromatic heterocycles. The third-order valence-corrected chi connectivity index (χ3v) is 4.82. The van der Waals surface area contributed by atoms with Gasteiger partial charge in [-0.05, 0) is 25.0 Å². The van der Waals surface area contributed by atoms with Gasteiger partial charge in [-0.3, -0.25) is 10.1 Å². The van der Waals surface area contributed by atoms with Crippen LogP contribution in [0.5, 0.6) is 0 Å². The molecule has 0 fully saturated rings. The van der Waals surface area contributed by atoms with Crippen molar-refractivity contribution in [3.8, 4) is 0 Å². The van der Waals surface area contributed by atoms with Gasteiger partial charge < -0.3 is 0 Å². The van der Waals surface area contributed by atoms with Gasteiger partial charge >= 0.3 is 5.69 Å². The van der Waals surface area contributed by atoms with E-state index in [4.69, 9.17) is 0 Å². The quantitative estimate of drug-likeness (QED) is 0.597.